The number of carbonyl (C=O) groups is 2. The number of fused-ring (bicyclic) bond motifs is 1. The monoisotopic (exact) mass is 343 g/mol. The number of carbonyl (C=O) groups excluding carboxylic acids is 2. The highest BCUT2D eigenvalue weighted by atomic mass is 16.7. The van der Waals surface area contributed by atoms with E-state index in [2.05, 4.69) is 5.32 Å². The maximum Gasteiger partial charge on any atom is 0.255 e. The van der Waals surface area contributed by atoms with Gasteiger partial charge in [0.2, 0.25) is 6.79 Å². The summed E-state index contributed by atoms with van der Waals surface area (Å²) in [5, 5.41) is 2.73. The first-order chi connectivity index (χ1) is 12.0. The zero-order valence-corrected chi connectivity index (χ0v) is 14.0. The topological polar surface area (TPSA) is 83.1 Å². The van der Waals surface area contributed by atoms with Crippen molar-refractivity contribution in [2.75, 3.05) is 26.3 Å². The molecule has 0 spiro atoms. The van der Waals surface area contributed by atoms with Gasteiger partial charge in [-0.15, -0.1) is 0 Å². The molecule has 0 unspecified atom stereocenters. The third-order valence-electron chi connectivity index (χ3n) is 3.75. The number of nitrogens with one attached hydrogen (secondary N) is 1. The molecule has 0 atom stereocenters. The highest BCUT2D eigenvalue weighted by molar-refractivity contribution is 6.09. The Morgan fingerprint density at radius 3 is 2.12 bits per heavy atom. The lowest BCUT2D eigenvalue weighted by atomic mass is 10.1. The van der Waals surface area contributed by atoms with Crippen LogP contribution in [0.4, 0.5) is 5.69 Å². The second kappa shape index (κ2) is 6.72. The standard InChI is InChI=1S/C18H17NO6/c1-10(20)14-7-16-17(25-9-24-16)8-15(14)19-18(21)11-4-12(22-2)6-13(5-11)23-3/h4-8H,9H2,1-3H3,(H,19,21). The van der Waals surface area contributed by atoms with Gasteiger partial charge in [0.05, 0.1) is 19.9 Å². The lowest BCUT2D eigenvalue weighted by Gasteiger charge is -2.12. The van der Waals surface area contributed by atoms with Crippen molar-refractivity contribution in [3.05, 3.63) is 41.5 Å². The average molecular weight is 343 g/mol. The van der Waals surface area contributed by atoms with Gasteiger partial charge in [-0.2, -0.15) is 0 Å². The summed E-state index contributed by atoms with van der Waals surface area (Å²) >= 11 is 0. The van der Waals surface area contributed by atoms with Crippen LogP contribution in [0.2, 0.25) is 0 Å². The van der Waals surface area contributed by atoms with Crippen molar-refractivity contribution in [2.24, 2.45) is 0 Å². The number of ketones is 1. The summed E-state index contributed by atoms with van der Waals surface area (Å²) in [5.74, 6) is 1.33. The van der Waals surface area contributed by atoms with Crippen LogP contribution in [0.25, 0.3) is 0 Å². The van der Waals surface area contributed by atoms with Gasteiger partial charge in [0, 0.05) is 23.3 Å². The number of benzene rings is 2. The zero-order chi connectivity index (χ0) is 18.0. The van der Waals surface area contributed by atoms with Crippen LogP contribution >= 0.6 is 0 Å². The highest BCUT2D eigenvalue weighted by Gasteiger charge is 2.21. The molecule has 2 aromatic carbocycles. The molecule has 25 heavy (non-hydrogen) atoms. The van der Waals surface area contributed by atoms with Crippen molar-refractivity contribution in [3.8, 4) is 23.0 Å². The fourth-order valence-corrected chi connectivity index (χ4v) is 2.47. The van der Waals surface area contributed by atoms with E-state index in [-0.39, 0.29) is 12.6 Å². The minimum Gasteiger partial charge on any atom is -0.497 e. The van der Waals surface area contributed by atoms with E-state index in [1.807, 2.05) is 0 Å². The van der Waals surface area contributed by atoms with Crippen LogP contribution in [0.5, 0.6) is 23.0 Å². The summed E-state index contributed by atoms with van der Waals surface area (Å²) in [7, 11) is 3.00. The molecule has 0 bridgehead atoms. The molecule has 1 amide bonds. The van der Waals surface area contributed by atoms with Crippen LogP contribution in [0.3, 0.4) is 0 Å². The van der Waals surface area contributed by atoms with E-state index < -0.39 is 5.91 Å². The number of hydrogen-bond donors (Lipinski definition) is 1. The zero-order valence-electron chi connectivity index (χ0n) is 14.0. The van der Waals surface area contributed by atoms with E-state index in [9.17, 15) is 9.59 Å². The Balaban J connectivity index is 1.94. The van der Waals surface area contributed by atoms with E-state index in [0.29, 0.717) is 39.8 Å². The van der Waals surface area contributed by atoms with Gasteiger partial charge in [-0.3, -0.25) is 9.59 Å². The molecule has 0 radical (unpaired) electrons. The largest absolute Gasteiger partial charge is 0.497 e. The molecule has 7 nitrogen and oxygen atoms in total. The first-order valence-electron chi connectivity index (χ1n) is 7.51. The third-order valence-corrected chi connectivity index (χ3v) is 3.75. The lowest BCUT2D eigenvalue weighted by molar-refractivity contribution is 0.101. The third kappa shape index (κ3) is 3.35. The van der Waals surface area contributed by atoms with Gasteiger partial charge < -0.3 is 24.3 Å². The summed E-state index contributed by atoms with van der Waals surface area (Å²) < 4.78 is 20.9. The molecule has 1 N–H and O–H groups in total. The van der Waals surface area contributed by atoms with Crippen molar-refractivity contribution in [1.29, 1.82) is 0 Å². The fourth-order valence-electron chi connectivity index (χ4n) is 2.47. The first kappa shape index (κ1) is 16.6. The maximum atomic E-state index is 12.6. The Kier molecular flexibility index (Phi) is 4.47. The van der Waals surface area contributed by atoms with Crippen LogP contribution in [-0.4, -0.2) is 32.7 Å². The Labute approximate surface area is 144 Å². The number of ether oxygens (including phenoxy) is 4. The molecule has 130 valence electrons. The number of methoxy groups -OCH3 is 2. The summed E-state index contributed by atoms with van der Waals surface area (Å²) in [6.45, 7) is 1.50. The quantitative estimate of drug-likeness (QED) is 0.841. The number of hydrogen-bond acceptors (Lipinski definition) is 6. The van der Waals surface area contributed by atoms with Crippen molar-refractivity contribution >= 4 is 17.4 Å². The molecule has 0 saturated heterocycles. The molecule has 0 saturated carbocycles. The van der Waals surface area contributed by atoms with Crippen molar-refractivity contribution in [1.82, 2.24) is 0 Å². The van der Waals surface area contributed by atoms with Crippen LogP contribution in [-0.2, 0) is 0 Å². The molecule has 1 heterocycles. The van der Waals surface area contributed by atoms with Crippen molar-refractivity contribution in [3.63, 3.8) is 0 Å². The van der Waals surface area contributed by atoms with Crippen LogP contribution < -0.4 is 24.3 Å². The number of anilines is 1. The normalized spacial score (nSPS) is 11.8. The molecule has 1 aliphatic heterocycles. The van der Waals surface area contributed by atoms with Gasteiger partial charge in [-0.1, -0.05) is 0 Å². The predicted octanol–water partition coefficient (Wildman–Crippen LogP) is 2.89. The molecule has 7 heteroatoms. The summed E-state index contributed by atoms with van der Waals surface area (Å²) in [6, 6.07) is 7.97. The molecule has 2 aromatic rings. The summed E-state index contributed by atoms with van der Waals surface area (Å²) in [5.41, 5.74) is 1.03. The predicted molar refractivity (Wildman–Crippen MR) is 90.1 cm³/mol. The Hall–Kier alpha value is -3.22. The number of rotatable bonds is 5. The number of Topliss-reactive ketones (excluding diaryl/α,β-unsaturated/α-hetero) is 1. The lowest BCUT2D eigenvalue weighted by Crippen LogP contribution is -2.14. The van der Waals surface area contributed by atoms with Crippen molar-refractivity contribution in [2.45, 2.75) is 6.92 Å². The second-order valence-electron chi connectivity index (χ2n) is 5.36. The highest BCUT2D eigenvalue weighted by Crippen LogP contribution is 2.37. The molecular weight excluding hydrogens is 326 g/mol. The SMILES string of the molecule is COc1cc(OC)cc(C(=O)Nc2cc3c(cc2C(C)=O)OCO3)c1. The minimum atomic E-state index is -0.404. The molecule has 0 aliphatic carbocycles. The summed E-state index contributed by atoms with van der Waals surface area (Å²) in [6.07, 6.45) is 0. The summed E-state index contributed by atoms with van der Waals surface area (Å²) in [4.78, 5) is 24.5. The molecular formula is C18H17NO6. The van der Waals surface area contributed by atoms with Crippen molar-refractivity contribution < 1.29 is 28.5 Å². The Bertz CT molecular complexity index is 823. The van der Waals surface area contributed by atoms with E-state index in [4.69, 9.17) is 18.9 Å². The van der Waals surface area contributed by atoms with E-state index in [0.717, 1.165) is 0 Å². The van der Waals surface area contributed by atoms with Gasteiger partial charge in [-0.05, 0) is 25.1 Å². The van der Waals surface area contributed by atoms with Crippen LogP contribution in [0.1, 0.15) is 27.6 Å². The second-order valence-corrected chi connectivity index (χ2v) is 5.36. The van der Waals surface area contributed by atoms with Crippen LogP contribution in [0, 0.1) is 0 Å². The van der Waals surface area contributed by atoms with Crippen LogP contribution in [0.15, 0.2) is 30.3 Å². The minimum absolute atomic E-state index is 0.0805. The van der Waals surface area contributed by atoms with Gasteiger partial charge in [0.15, 0.2) is 17.3 Å². The van der Waals surface area contributed by atoms with Gasteiger partial charge in [-0.25, -0.2) is 0 Å². The smallest absolute Gasteiger partial charge is 0.255 e. The molecule has 0 aromatic heterocycles. The van der Waals surface area contributed by atoms with E-state index >= 15 is 0 Å². The van der Waals surface area contributed by atoms with Gasteiger partial charge in [0.25, 0.3) is 5.91 Å². The maximum absolute atomic E-state index is 12.6. The van der Waals surface area contributed by atoms with E-state index in [1.54, 1.807) is 30.3 Å². The Morgan fingerprint density at radius 2 is 1.56 bits per heavy atom. The van der Waals surface area contributed by atoms with Gasteiger partial charge >= 0.3 is 0 Å². The molecule has 0 fully saturated rings. The average Bonchev–Trinajstić information content (AvgIpc) is 3.07. The molecule has 3 rings (SSSR count). The molecule has 1 aliphatic rings. The van der Waals surface area contributed by atoms with E-state index in [1.165, 1.54) is 21.1 Å². The number of amides is 1. The first-order valence-corrected chi connectivity index (χ1v) is 7.51. The Morgan fingerprint density at radius 1 is 0.960 bits per heavy atom. The van der Waals surface area contributed by atoms with Gasteiger partial charge in [0.1, 0.15) is 11.5 Å². The fraction of sp³-hybridized carbons (Fsp3) is 0.222.